The molecule has 0 aliphatic carbocycles. The van der Waals surface area contributed by atoms with Gasteiger partial charge in [0.2, 0.25) is 0 Å². The van der Waals surface area contributed by atoms with Crippen LogP contribution >= 0.6 is 0 Å². The number of H-pyrrole nitrogens is 1. The number of aryl methyl sites for hydroxylation is 1. The van der Waals surface area contributed by atoms with Crippen molar-refractivity contribution in [1.29, 1.82) is 0 Å². The van der Waals surface area contributed by atoms with E-state index in [1.54, 1.807) is 6.92 Å². The normalized spacial score (nSPS) is 18.9. The van der Waals surface area contributed by atoms with E-state index in [4.69, 9.17) is 0 Å². The summed E-state index contributed by atoms with van der Waals surface area (Å²) >= 11 is 0. The average molecular weight is 291 g/mol. The molecule has 0 radical (unpaired) electrons. The van der Waals surface area contributed by atoms with Gasteiger partial charge in [-0.25, -0.2) is 4.98 Å². The highest BCUT2D eigenvalue weighted by Crippen LogP contribution is 2.33. The number of hydrogen-bond donors (Lipinski definition) is 1. The van der Waals surface area contributed by atoms with E-state index < -0.39 is 10.0 Å². The Bertz CT molecular complexity index is 736. The Labute approximate surface area is 118 Å². The fraction of sp³-hybridized carbons (Fsp3) is 0.357. The first kappa shape index (κ1) is 13.2. The highest BCUT2D eigenvalue weighted by Gasteiger charge is 2.32. The van der Waals surface area contributed by atoms with E-state index in [2.05, 4.69) is 16.9 Å². The largest absolute Gasteiger partial charge is 0.332 e. The molecular weight excluding hydrogens is 274 g/mol. The van der Waals surface area contributed by atoms with Crippen LogP contribution in [0, 0.1) is 12.8 Å². The third-order valence-corrected chi connectivity index (χ3v) is 5.24. The van der Waals surface area contributed by atoms with Crippen molar-refractivity contribution in [2.24, 2.45) is 5.92 Å². The Kier molecular flexibility index (Phi) is 3.05. The van der Waals surface area contributed by atoms with Crippen LogP contribution in [-0.4, -0.2) is 24.9 Å². The van der Waals surface area contributed by atoms with Crippen LogP contribution in [-0.2, 0) is 16.4 Å². The second-order valence-electron chi connectivity index (χ2n) is 5.31. The minimum atomic E-state index is -3.57. The van der Waals surface area contributed by atoms with E-state index in [-0.39, 0.29) is 5.03 Å². The zero-order valence-corrected chi connectivity index (χ0v) is 12.3. The van der Waals surface area contributed by atoms with Crippen LogP contribution in [0.15, 0.2) is 35.5 Å². The molecule has 1 aromatic heterocycles. The van der Waals surface area contributed by atoms with Crippen molar-refractivity contribution in [2.75, 3.05) is 10.8 Å². The molecule has 0 saturated carbocycles. The number of rotatable bonds is 2. The van der Waals surface area contributed by atoms with E-state index in [1.165, 1.54) is 10.5 Å². The van der Waals surface area contributed by atoms with Gasteiger partial charge in [0.05, 0.1) is 11.9 Å². The molecule has 5 nitrogen and oxygen atoms in total. The number of hydrogen-bond acceptors (Lipinski definition) is 3. The van der Waals surface area contributed by atoms with Crippen molar-refractivity contribution >= 4 is 15.7 Å². The first-order chi connectivity index (χ1) is 9.48. The van der Waals surface area contributed by atoms with Gasteiger partial charge >= 0.3 is 0 Å². The lowest BCUT2D eigenvalue weighted by Gasteiger charge is -2.33. The average Bonchev–Trinajstić information content (AvgIpc) is 2.85. The fourth-order valence-electron chi connectivity index (χ4n) is 2.62. The predicted octanol–water partition coefficient (Wildman–Crippen LogP) is 2.11. The monoisotopic (exact) mass is 291 g/mol. The predicted molar refractivity (Wildman–Crippen MR) is 77.2 cm³/mol. The summed E-state index contributed by atoms with van der Waals surface area (Å²) < 4.78 is 27.0. The summed E-state index contributed by atoms with van der Waals surface area (Å²) in [6, 6.07) is 7.67. The summed E-state index contributed by atoms with van der Waals surface area (Å²) in [6.07, 6.45) is 2.29. The number of para-hydroxylation sites is 1. The van der Waals surface area contributed by atoms with Gasteiger partial charge in [0, 0.05) is 6.54 Å². The van der Waals surface area contributed by atoms with Gasteiger partial charge in [0.1, 0.15) is 5.82 Å². The van der Waals surface area contributed by atoms with E-state index in [0.717, 1.165) is 17.7 Å². The SMILES string of the molecule is Cc1ncc(S(=O)(=O)N2CC(C)Cc3ccccc32)[nH]1. The quantitative estimate of drug-likeness (QED) is 0.921. The Morgan fingerprint density at radius 1 is 1.35 bits per heavy atom. The summed E-state index contributed by atoms with van der Waals surface area (Å²) in [6.45, 7) is 4.31. The Balaban J connectivity index is 2.10. The molecule has 0 fully saturated rings. The number of fused-ring (bicyclic) bond motifs is 1. The molecule has 3 rings (SSSR count). The van der Waals surface area contributed by atoms with E-state index >= 15 is 0 Å². The number of anilines is 1. The number of aromatic nitrogens is 2. The summed E-state index contributed by atoms with van der Waals surface area (Å²) in [4.78, 5) is 6.81. The van der Waals surface area contributed by atoms with Crippen molar-refractivity contribution in [1.82, 2.24) is 9.97 Å². The molecule has 2 heterocycles. The van der Waals surface area contributed by atoms with Gasteiger partial charge in [-0.05, 0) is 30.9 Å². The lowest BCUT2D eigenvalue weighted by Crippen LogP contribution is -2.39. The maximum atomic E-state index is 12.8. The lowest BCUT2D eigenvalue weighted by molar-refractivity contribution is 0.543. The highest BCUT2D eigenvalue weighted by atomic mass is 32.2. The first-order valence-corrected chi connectivity index (χ1v) is 8.05. The van der Waals surface area contributed by atoms with Gasteiger partial charge in [-0.3, -0.25) is 4.31 Å². The van der Waals surface area contributed by atoms with Gasteiger partial charge in [-0.15, -0.1) is 0 Å². The Morgan fingerprint density at radius 3 is 2.80 bits per heavy atom. The van der Waals surface area contributed by atoms with Crippen LogP contribution in [0.4, 0.5) is 5.69 Å². The first-order valence-electron chi connectivity index (χ1n) is 6.61. The second kappa shape index (κ2) is 4.63. The number of nitrogens with zero attached hydrogens (tertiary/aromatic N) is 2. The summed E-state index contributed by atoms with van der Waals surface area (Å²) in [5.41, 5.74) is 1.85. The Morgan fingerprint density at radius 2 is 2.10 bits per heavy atom. The minimum Gasteiger partial charge on any atom is -0.332 e. The van der Waals surface area contributed by atoms with Crippen LogP contribution in [0.3, 0.4) is 0 Å². The van der Waals surface area contributed by atoms with Crippen LogP contribution in [0.2, 0.25) is 0 Å². The number of aromatic amines is 1. The maximum absolute atomic E-state index is 12.8. The van der Waals surface area contributed by atoms with Crippen LogP contribution in [0.25, 0.3) is 0 Å². The smallest absolute Gasteiger partial charge is 0.281 e. The molecule has 20 heavy (non-hydrogen) atoms. The zero-order valence-electron chi connectivity index (χ0n) is 11.5. The molecule has 1 atom stereocenters. The van der Waals surface area contributed by atoms with Crippen LogP contribution in [0.5, 0.6) is 0 Å². The summed E-state index contributed by atoms with van der Waals surface area (Å²) in [5, 5.41) is 0.152. The molecule has 0 saturated heterocycles. The molecule has 6 heteroatoms. The van der Waals surface area contributed by atoms with Gasteiger partial charge in [-0.2, -0.15) is 8.42 Å². The zero-order chi connectivity index (χ0) is 14.3. The van der Waals surface area contributed by atoms with Crippen molar-refractivity contribution in [3.05, 3.63) is 41.9 Å². The van der Waals surface area contributed by atoms with E-state index in [9.17, 15) is 8.42 Å². The topological polar surface area (TPSA) is 66.1 Å². The van der Waals surface area contributed by atoms with Crippen molar-refractivity contribution < 1.29 is 8.42 Å². The summed E-state index contributed by atoms with van der Waals surface area (Å²) in [7, 11) is -3.57. The highest BCUT2D eigenvalue weighted by molar-refractivity contribution is 7.92. The number of benzene rings is 1. The van der Waals surface area contributed by atoms with Gasteiger partial charge in [-0.1, -0.05) is 25.1 Å². The molecule has 1 aliphatic heterocycles. The lowest BCUT2D eigenvalue weighted by atomic mass is 9.96. The number of nitrogens with one attached hydrogen (secondary N) is 1. The molecule has 2 aromatic rings. The van der Waals surface area contributed by atoms with Crippen molar-refractivity contribution in [3.8, 4) is 0 Å². The molecular formula is C14H17N3O2S. The van der Waals surface area contributed by atoms with Gasteiger partial charge in [0.25, 0.3) is 10.0 Å². The van der Waals surface area contributed by atoms with Gasteiger partial charge < -0.3 is 4.98 Å². The Hall–Kier alpha value is -1.82. The fourth-order valence-corrected chi connectivity index (χ4v) is 4.21. The van der Waals surface area contributed by atoms with Crippen molar-refractivity contribution in [3.63, 3.8) is 0 Å². The minimum absolute atomic E-state index is 0.152. The standard InChI is InChI=1S/C14H17N3O2S/c1-10-7-12-5-3-4-6-13(12)17(9-10)20(18,19)14-8-15-11(2)16-14/h3-6,8,10H,7,9H2,1-2H3,(H,15,16). The van der Waals surface area contributed by atoms with Crippen molar-refractivity contribution in [2.45, 2.75) is 25.3 Å². The third kappa shape index (κ3) is 2.10. The van der Waals surface area contributed by atoms with E-state index in [0.29, 0.717) is 18.3 Å². The van der Waals surface area contributed by atoms with Crippen LogP contribution in [0.1, 0.15) is 18.3 Å². The molecule has 1 N–H and O–H groups in total. The molecule has 0 spiro atoms. The van der Waals surface area contributed by atoms with Gasteiger partial charge in [0.15, 0.2) is 5.03 Å². The molecule has 0 amide bonds. The van der Waals surface area contributed by atoms with Crippen LogP contribution < -0.4 is 4.31 Å². The molecule has 0 bridgehead atoms. The third-order valence-electron chi connectivity index (χ3n) is 3.55. The molecule has 1 aromatic carbocycles. The second-order valence-corrected chi connectivity index (χ2v) is 7.14. The van der Waals surface area contributed by atoms with E-state index in [1.807, 2.05) is 24.3 Å². The molecule has 106 valence electrons. The number of imidazole rings is 1. The maximum Gasteiger partial charge on any atom is 0.281 e. The summed E-state index contributed by atoms with van der Waals surface area (Å²) in [5.74, 6) is 0.894. The molecule has 1 unspecified atom stereocenters. The number of sulfonamides is 1. The molecule has 1 aliphatic rings.